The molecule has 1 amide bonds. The molecule has 0 spiro atoms. The first kappa shape index (κ1) is 29.4. The summed E-state index contributed by atoms with van der Waals surface area (Å²) in [6.07, 6.45) is 1.55. The van der Waals surface area contributed by atoms with Crippen molar-refractivity contribution in [3.63, 3.8) is 0 Å². The standard InChI is InChI=1S/C25H23N7O7.ClH/c33-20(19(12-22(34)35)28-25(37)39-14-16-5-2-1-3-6-16)13-32-30-23(29-31-32)17-7-4-8-18(11-17)24(36)38-15-21-26-9-10-27-21;/h1-11,19H,12-15H2,(H,26,27)(H,28,37)(H,34,35);1H. The number of carboxylic acid groups (broad SMARTS) is 1. The average Bonchev–Trinajstić information content (AvgIpc) is 3.63. The van der Waals surface area contributed by atoms with Crippen molar-refractivity contribution in [1.29, 1.82) is 0 Å². The van der Waals surface area contributed by atoms with Gasteiger partial charge in [-0.25, -0.2) is 14.6 Å². The van der Waals surface area contributed by atoms with Gasteiger partial charge in [0.25, 0.3) is 0 Å². The highest BCUT2D eigenvalue weighted by Crippen LogP contribution is 2.16. The average molecular weight is 570 g/mol. The molecular weight excluding hydrogens is 546 g/mol. The quantitative estimate of drug-likeness (QED) is 0.212. The van der Waals surface area contributed by atoms with E-state index in [0.29, 0.717) is 11.4 Å². The Hall–Kier alpha value is -5.11. The van der Waals surface area contributed by atoms with Gasteiger partial charge in [-0.2, -0.15) is 4.80 Å². The Kier molecular flexibility index (Phi) is 10.4. The number of benzene rings is 2. The first-order valence-corrected chi connectivity index (χ1v) is 11.6. The van der Waals surface area contributed by atoms with Gasteiger partial charge in [-0.1, -0.05) is 42.5 Å². The normalized spacial score (nSPS) is 11.1. The number of aromatic amines is 1. The van der Waals surface area contributed by atoms with Gasteiger partial charge in [-0.05, 0) is 22.9 Å². The number of H-pyrrole nitrogens is 1. The van der Waals surface area contributed by atoms with Crippen LogP contribution < -0.4 is 5.32 Å². The van der Waals surface area contributed by atoms with Gasteiger partial charge in [0.15, 0.2) is 5.78 Å². The fraction of sp³-hybridized carbons (Fsp3) is 0.200. The van der Waals surface area contributed by atoms with E-state index in [1.54, 1.807) is 54.9 Å². The highest BCUT2D eigenvalue weighted by Gasteiger charge is 2.25. The smallest absolute Gasteiger partial charge is 0.408 e. The molecule has 0 fully saturated rings. The van der Waals surface area contributed by atoms with Crippen LogP contribution in [0.1, 0.15) is 28.2 Å². The van der Waals surface area contributed by atoms with Gasteiger partial charge in [0.2, 0.25) is 5.82 Å². The first-order chi connectivity index (χ1) is 18.9. The van der Waals surface area contributed by atoms with Crippen molar-refractivity contribution >= 4 is 36.2 Å². The molecule has 4 aromatic rings. The molecule has 0 aliphatic carbocycles. The monoisotopic (exact) mass is 569 g/mol. The van der Waals surface area contributed by atoms with Gasteiger partial charge in [-0.15, -0.1) is 22.6 Å². The number of nitrogens with one attached hydrogen (secondary N) is 2. The van der Waals surface area contributed by atoms with Crippen molar-refractivity contribution in [1.82, 2.24) is 35.5 Å². The lowest BCUT2D eigenvalue weighted by Gasteiger charge is -2.15. The maximum absolute atomic E-state index is 12.8. The molecule has 0 saturated heterocycles. The molecular formula is C25H24ClN7O7. The Morgan fingerprint density at radius 3 is 2.55 bits per heavy atom. The van der Waals surface area contributed by atoms with Crippen molar-refractivity contribution in [2.45, 2.75) is 32.2 Å². The van der Waals surface area contributed by atoms with Crippen molar-refractivity contribution in [2.75, 3.05) is 0 Å². The Morgan fingerprint density at radius 1 is 1.02 bits per heavy atom. The van der Waals surface area contributed by atoms with Crippen LogP contribution in [0.5, 0.6) is 0 Å². The second-order valence-corrected chi connectivity index (χ2v) is 8.16. The van der Waals surface area contributed by atoms with Gasteiger partial charge in [-0.3, -0.25) is 9.59 Å². The molecule has 15 heteroatoms. The summed E-state index contributed by atoms with van der Waals surface area (Å²) in [4.78, 5) is 56.4. The molecule has 2 aromatic carbocycles. The highest BCUT2D eigenvalue weighted by atomic mass is 35.5. The molecule has 208 valence electrons. The summed E-state index contributed by atoms with van der Waals surface area (Å²) >= 11 is 0. The van der Waals surface area contributed by atoms with Crippen molar-refractivity contribution in [3.05, 3.63) is 83.9 Å². The zero-order valence-electron chi connectivity index (χ0n) is 20.8. The molecule has 2 aromatic heterocycles. The summed E-state index contributed by atoms with van der Waals surface area (Å²) < 4.78 is 10.3. The Morgan fingerprint density at radius 2 is 1.82 bits per heavy atom. The molecule has 40 heavy (non-hydrogen) atoms. The van der Waals surface area contributed by atoms with Crippen LogP contribution in [0.4, 0.5) is 4.79 Å². The molecule has 4 rings (SSSR count). The van der Waals surface area contributed by atoms with Gasteiger partial charge in [0.1, 0.15) is 31.6 Å². The number of tetrazole rings is 1. The largest absolute Gasteiger partial charge is 0.481 e. The van der Waals surface area contributed by atoms with Crippen LogP contribution in [0.25, 0.3) is 11.4 Å². The molecule has 0 radical (unpaired) electrons. The molecule has 0 saturated carbocycles. The van der Waals surface area contributed by atoms with Crippen LogP contribution in [0, 0.1) is 0 Å². The summed E-state index contributed by atoms with van der Waals surface area (Å²) in [5.41, 5.74) is 1.40. The van der Waals surface area contributed by atoms with Crippen LogP contribution in [0.2, 0.25) is 0 Å². The second-order valence-electron chi connectivity index (χ2n) is 8.16. The number of ether oxygens (including phenoxy) is 2. The first-order valence-electron chi connectivity index (χ1n) is 11.6. The van der Waals surface area contributed by atoms with Gasteiger partial charge in [0, 0.05) is 18.0 Å². The number of carbonyl (C=O) groups excluding carboxylic acids is 3. The van der Waals surface area contributed by atoms with Crippen molar-refractivity contribution in [3.8, 4) is 11.4 Å². The minimum absolute atomic E-state index is 0. The van der Waals surface area contributed by atoms with E-state index < -0.39 is 42.8 Å². The van der Waals surface area contributed by atoms with Crippen LogP contribution in [-0.4, -0.2) is 65.1 Å². The number of nitrogens with zero attached hydrogens (tertiary/aromatic N) is 5. The number of esters is 1. The number of imidazole rings is 1. The lowest BCUT2D eigenvalue weighted by molar-refractivity contribution is -0.139. The van der Waals surface area contributed by atoms with Crippen LogP contribution >= 0.6 is 12.4 Å². The summed E-state index contributed by atoms with van der Waals surface area (Å²) in [5.74, 6) is -1.94. The SMILES string of the molecule is Cl.O=C(O)CC(NC(=O)OCc1ccccc1)C(=O)Cn1nnc(-c2cccc(C(=O)OCc3ncc[nH]3)c2)n1. The van der Waals surface area contributed by atoms with Crippen molar-refractivity contribution in [2.24, 2.45) is 0 Å². The zero-order valence-corrected chi connectivity index (χ0v) is 21.6. The molecule has 0 bridgehead atoms. The van der Waals surface area contributed by atoms with E-state index in [1.807, 2.05) is 6.07 Å². The van der Waals surface area contributed by atoms with Crippen LogP contribution in [0.3, 0.4) is 0 Å². The number of rotatable bonds is 12. The fourth-order valence-corrected chi connectivity index (χ4v) is 3.38. The Balaban J connectivity index is 0.00000441. The summed E-state index contributed by atoms with van der Waals surface area (Å²) in [7, 11) is 0. The topological polar surface area (TPSA) is 191 Å². The van der Waals surface area contributed by atoms with Gasteiger partial charge < -0.3 is 24.9 Å². The number of halogens is 1. The summed E-state index contributed by atoms with van der Waals surface area (Å²) in [5, 5.41) is 23.4. The number of aromatic nitrogens is 6. The third-order valence-corrected chi connectivity index (χ3v) is 5.27. The lowest BCUT2D eigenvalue weighted by Crippen LogP contribution is -2.44. The van der Waals surface area contributed by atoms with E-state index in [1.165, 1.54) is 6.07 Å². The molecule has 2 heterocycles. The maximum atomic E-state index is 12.8. The number of hydrogen-bond acceptors (Lipinski definition) is 10. The van der Waals surface area contributed by atoms with Gasteiger partial charge >= 0.3 is 18.0 Å². The number of amides is 1. The molecule has 0 aliphatic rings. The van der Waals surface area contributed by atoms with E-state index in [9.17, 15) is 24.3 Å². The van der Waals surface area contributed by atoms with Crippen LogP contribution in [0.15, 0.2) is 67.0 Å². The second kappa shape index (κ2) is 14.2. The van der Waals surface area contributed by atoms with Crippen LogP contribution in [-0.2, 0) is 38.8 Å². The summed E-state index contributed by atoms with van der Waals surface area (Å²) in [6, 6.07) is 13.8. The molecule has 0 aliphatic heterocycles. The number of Topliss-reactive ketones (excluding diaryl/α,β-unsaturated/α-hetero) is 1. The third kappa shape index (κ3) is 8.46. The number of hydrogen-bond donors (Lipinski definition) is 3. The third-order valence-electron chi connectivity index (χ3n) is 5.27. The van der Waals surface area contributed by atoms with E-state index in [2.05, 4.69) is 30.7 Å². The Labute approximate surface area is 233 Å². The van der Waals surface area contributed by atoms with E-state index >= 15 is 0 Å². The minimum atomic E-state index is -1.38. The molecule has 1 atom stereocenters. The fourth-order valence-electron chi connectivity index (χ4n) is 3.38. The lowest BCUT2D eigenvalue weighted by atomic mass is 10.1. The van der Waals surface area contributed by atoms with Gasteiger partial charge in [0.05, 0.1) is 12.0 Å². The molecule has 1 unspecified atom stereocenters. The molecule has 3 N–H and O–H groups in total. The number of alkyl carbamates (subject to hydrolysis) is 1. The highest BCUT2D eigenvalue weighted by molar-refractivity contribution is 5.91. The number of ketones is 1. The predicted octanol–water partition coefficient (Wildman–Crippen LogP) is 2.18. The number of carboxylic acids is 1. The minimum Gasteiger partial charge on any atom is -0.481 e. The van der Waals surface area contributed by atoms with E-state index in [-0.39, 0.29) is 37.0 Å². The number of carbonyl (C=O) groups is 4. The molecule has 14 nitrogen and oxygen atoms in total. The van der Waals surface area contributed by atoms with E-state index in [0.717, 1.165) is 10.4 Å². The predicted molar refractivity (Wildman–Crippen MR) is 139 cm³/mol. The van der Waals surface area contributed by atoms with Crippen molar-refractivity contribution < 1.29 is 33.8 Å². The number of aliphatic carboxylic acids is 1. The Bertz CT molecular complexity index is 1440. The van der Waals surface area contributed by atoms with E-state index in [4.69, 9.17) is 9.47 Å². The zero-order chi connectivity index (χ0) is 27.6. The summed E-state index contributed by atoms with van der Waals surface area (Å²) in [6.45, 7) is -0.545. The maximum Gasteiger partial charge on any atom is 0.408 e.